The summed E-state index contributed by atoms with van der Waals surface area (Å²) in [6.07, 6.45) is 0. The van der Waals surface area contributed by atoms with Crippen molar-refractivity contribution in [2.24, 2.45) is 0 Å². The van der Waals surface area contributed by atoms with Gasteiger partial charge >= 0.3 is 0 Å². The molecule has 1 aliphatic rings. The van der Waals surface area contributed by atoms with E-state index < -0.39 is 6.04 Å². The molecule has 0 bridgehead atoms. The number of pyridine rings is 1. The Hall–Kier alpha value is -2.08. The number of para-hydroxylation sites is 1. The number of thioether (sulfide) groups is 1. The van der Waals surface area contributed by atoms with E-state index in [9.17, 15) is 9.59 Å². The Kier molecular flexibility index (Phi) is 5.04. The van der Waals surface area contributed by atoms with E-state index in [1.807, 2.05) is 44.2 Å². The van der Waals surface area contributed by atoms with Crippen LogP contribution in [0, 0.1) is 0 Å². The summed E-state index contributed by atoms with van der Waals surface area (Å²) in [5, 5.41) is 1.00. The molecule has 2 amide bonds. The van der Waals surface area contributed by atoms with Crippen molar-refractivity contribution in [3.8, 4) is 0 Å². The standard InChI is InChI=1S/C18H21N3O2S/c1-3-20(4-2)18(23)16-11-24-12-21(16)17(22)15-10-9-13-7-5-6-8-14(13)19-15/h5-10,16H,3-4,11-12H2,1-2H3. The lowest BCUT2D eigenvalue weighted by molar-refractivity contribution is -0.134. The summed E-state index contributed by atoms with van der Waals surface area (Å²) in [5.41, 5.74) is 1.19. The number of amides is 2. The van der Waals surface area contributed by atoms with Crippen LogP contribution in [0.4, 0.5) is 0 Å². The molecule has 126 valence electrons. The molecule has 1 aromatic carbocycles. The van der Waals surface area contributed by atoms with Crippen molar-refractivity contribution in [2.75, 3.05) is 24.7 Å². The van der Waals surface area contributed by atoms with Crippen molar-refractivity contribution in [1.29, 1.82) is 0 Å². The first-order valence-electron chi connectivity index (χ1n) is 8.19. The van der Waals surface area contributed by atoms with Crippen molar-refractivity contribution in [1.82, 2.24) is 14.8 Å². The molecule has 1 aromatic heterocycles. The minimum Gasteiger partial charge on any atom is -0.341 e. The molecule has 24 heavy (non-hydrogen) atoms. The lowest BCUT2D eigenvalue weighted by Crippen LogP contribution is -2.49. The Bertz CT molecular complexity index is 761. The maximum Gasteiger partial charge on any atom is 0.273 e. The number of hydrogen-bond donors (Lipinski definition) is 0. The molecule has 0 saturated carbocycles. The monoisotopic (exact) mass is 343 g/mol. The fourth-order valence-corrected chi connectivity index (χ4v) is 4.07. The lowest BCUT2D eigenvalue weighted by atomic mass is 10.2. The van der Waals surface area contributed by atoms with Crippen molar-refractivity contribution >= 4 is 34.5 Å². The third-order valence-corrected chi connectivity index (χ3v) is 5.33. The predicted molar refractivity (Wildman–Crippen MR) is 97.0 cm³/mol. The maximum absolute atomic E-state index is 12.9. The zero-order valence-electron chi connectivity index (χ0n) is 13.9. The van der Waals surface area contributed by atoms with Crippen molar-refractivity contribution in [3.63, 3.8) is 0 Å². The fourth-order valence-electron chi connectivity index (χ4n) is 2.93. The summed E-state index contributed by atoms with van der Waals surface area (Å²) >= 11 is 1.61. The second-order valence-corrected chi connectivity index (χ2v) is 6.69. The third-order valence-electron chi connectivity index (χ3n) is 4.32. The highest BCUT2D eigenvalue weighted by Crippen LogP contribution is 2.25. The SMILES string of the molecule is CCN(CC)C(=O)C1CSCN1C(=O)c1ccc2ccccc2n1. The molecular formula is C18H21N3O2S. The minimum atomic E-state index is -0.393. The van der Waals surface area contributed by atoms with Gasteiger partial charge in [0.15, 0.2) is 0 Å². The molecule has 1 saturated heterocycles. The largest absolute Gasteiger partial charge is 0.341 e. The number of carbonyl (C=O) groups is 2. The van der Waals surface area contributed by atoms with Gasteiger partial charge in [-0.2, -0.15) is 0 Å². The number of nitrogens with zero attached hydrogens (tertiary/aromatic N) is 3. The Morgan fingerprint density at radius 3 is 2.71 bits per heavy atom. The highest BCUT2D eigenvalue weighted by molar-refractivity contribution is 7.99. The van der Waals surface area contributed by atoms with Gasteiger partial charge in [-0.15, -0.1) is 11.8 Å². The van der Waals surface area contributed by atoms with Gasteiger partial charge in [0, 0.05) is 24.2 Å². The Morgan fingerprint density at radius 2 is 1.96 bits per heavy atom. The molecule has 1 unspecified atom stereocenters. The average Bonchev–Trinajstić information content (AvgIpc) is 3.11. The zero-order valence-corrected chi connectivity index (χ0v) is 14.8. The van der Waals surface area contributed by atoms with Gasteiger partial charge in [0.25, 0.3) is 5.91 Å². The van der Waals surface area contributed by atoms with E-state index in [1.165, 1.54) is 0 Å². The van der Waals surface area contributed by atoms with Gasteiger partial charge in [-0.1, -0.05) is 24.3 Å². The first kappa shape index (κ1) is 16.8. The molecule has 5 nitrogen and oxygen atoms in total. The van der Waals surface area contributed by atoms with Gasteiger partial charge in [0.2, 0.25) is 5.91 Å². The molecule has 0 N–H and O–H groups in total. The van der Waals surface area contributed by atoms with Gasteiger partial charge in [0.1, 0.15) is 11.7 Å². The molecule has 1 atom stereocenters. The number of fused-ring (bicyclic) bond motifs is 1. The van der Waals surface area contributed by atoms with Crippen LogP contribution in [-0.2, 0) is 4.79 Å². The van der Waals surface area contributed by atoms with Crippen LogP contribution < -0.4 is 0 Å². The summed E-state index contributed by atoms with van der Waals surface area (Å²) in [7, 11) is 0. The van der Waals surface area contributed by atoms with Crippen LogP contribution in [0.2, 0.25) is 0 Å². The quantitative estimate of drug-likeness (QED) is 0.856. The van der Waals surface area contributed by atoms with Crippen molar-refractivity contribution < 1.29 is 9.59 Å². The number of carbonyl (C=O) groups excluding carboxylic acids is 2. The van der Waals surface area contributed by atoms with Gasteiger partial charge in [-0.05, 0) is 26.0 Å². The highest BCUT2D eigenvalue weighted by atomic mass is 32.2. The molecule has 2 aromatic rings. The van der Waals surface area contributed by atoms with E-state index in [-0.39, 0.29) is 11.8 Å². The predicted octanol–water partition coefficient (Wildman–Crippen LogP) is 2.62. The van der Waals surface area contributed by atoms with E-state index in [1.54, 1.807) is 27.6 Å². The smallest absolute Gasteiger partial charge is 0.273 e. The molecule has 0 spiro atoms. The number of hydrogen-bond acceptors (Lipinski definition) is 4. The van der Waals surface area contributed by atoms with Crippen LogP contribution >= 0.6 is 11.8 Å². The molecular weight excluding hydrogens is 322 g/mol. The molecule has 1 aliphatic heterocycles. The number of aromatic nitrogens is 1. The van der Waals surface area contributed by atoms with Crippen LogP contribution in [0.25, 0.3) is 10.9 Å². The minimum absolute atomic E-state index is 0.0270. The van der Waals surface area contributed by atoms with Crippen LogP contribution in [0.15, 0.2) is 36.4 Å². The summed E-state index contributed by atoms with van der Waals surface area (Å²) in [6, 6.07) is 11.0. The van der Waals surface area contributed by atoms with Crippen LogP contribution in [0.3, 0.4) is 0 Å². The average molecular weight is 343 g/mol. The summed E-state index contributed by atoms with van der Waals surface area (Å²) in [4.78, 5) is 33.5. The van der Waals surface area contributed by atoms with Gasteiger partial charge in [-0.3, -0.25) is 9.59 Å². The summed E-state index contributed by atoms with van der Waals surface area (Å²) in [5.74, 6) is 1.04. The van der Waals surface area contributed by atoms with Crippen LogP contribution in [0.5, 0.6) is 0 Å². The Balaban J connectivity index is 1.85. The lowest BCUT2D eigenvalue weighted by Gasteiger charge is -2.28. The normalized spacial score (nSPS) is 17.2. The second-order valence-electron chi connectivity index (χ2n) is 5.69. The number of rotatable bonds is 4. The van der Waals surface area contributed by atoms with E-state index in [0.717, 1.165) is 10.9 Å². The first-order valence-corrected chi connectivity index (χ1v) is 9.34. The van der Waals surface area contributed by atoms with E-state index in [2.05, 4.69) is 4.98 Å². The van der Waals surface area contributed by atoms with Crippen molar-refractivity contribution in [3.05, 3.63) is 42.1 Å². The number of likely N-dealkylation sites (N-methyl/N-ethyl adjacent to an activating group) is 1. The molecule has 2 heterocycles. The van der Waals surface area contributed by atoms with E-state index >= 15 is 0 Å². The number of benzene rings is 1. The third kappa shape index (κ3) is 3.11. The van der Waals surface area contributed by atoms with Gasteiger partial charge in [0.05, 0.1) is 11.4 Å². The molecule has 0 radical (unpaired) electrons. The fraction of sp³-hybridized carbons (Fsp3) is 0.389. The Morgan fingerprint density at radius 1 is 1.21 bits per heavy atom. The Labute approximate surface area is 146 Å². The molecule has 6 heteroatoms. The topological polar surface area (TPSA) is 53.5 Å². The molecule has 3 rings (SSSR count). The highest BCUT2D eigenvalue weighted by Gasteiger charge is 2.37. The second kappa shape index (κ2) is 7.21. The zero-order chi connectivity index (χ0) is 17.1. The van der Waals surface area contributed by atoms with Gasteiger partial charge < -0.3 is 9.80 Å². The summed E-state index contributed by atoms with van der Waals surface area (Å²) in [6.45, 7) is 5.24. The first-order chi connectivity index (χ1) is 11.7. The van der Waals surface area contributed by atoms with Gasteiger partial charge in [-0.25, -0.2) is 4.98 Å². The van der Waals surface area contributed by atoms with Crippen LogP contribution in [0.1, 0.15) is 24.3 Å². The van der Waals surface area contributed by atoms with Crippen LogP contribution in [-0.4, -0.2) is 57.4 Å². The maximum atomic E-state index is 12.9. The molecule has 0 aliphatic carbocycles. The summed E-state index contributed by atoms with van der Waals surface area (Å²) < 4.78 is 0. The van der Waals surface area contributed by atoms with E-state index in [0.29, 0.717) is 30.4 Å². The molecule has 1 fully saturated rings. The van der Waals surface area contributed by atoms with Crippen molar-refractivity contribution in [2.45, 2.75) is 19.9 Å². The van der Waals surface area contributed by atoms with E-state index in [4.69, 9.17) is 0 Å².